The van der Waals surface area contributed by atoms with Crippen LogP contribution in [0.3, 0.4) is 0 Å². The highest BCUT2D eigenvalue weighted by atomic mass is 16.5. The maximum atomic E-state index is 13.1. The van der Waals surface area contributed by atoms with Crippen LogP contribution in [-0.4, -0.2) is 47.7 Å². The molecule has 1 heterocycles. The summed E-state index contributed by atoms with van der Waals surface area (Å²) in [7, 11) is 1.57. The van der Waals surface area contributed by atoms with E-state index < -0.39 is 12.0 Å². The number of hydrogen-bond donors (Lipinski definition) is 1. The van der Waals surface area contributed by atoms with Crippen molar-refractivity contribution in [3.05, 3.63) is 60.2 Å². The van der Waals surface area contributed by atoms with Gasteiger partial charge in [0.25, 0.3) is 5.91 Å². The summed E-state index contributed by atoms with van der Waals surface area (Å²) in [5.74, 6) is -0.106. The molecule has 1 saturated heterocycles. The summed E-state index contributed by atoms with van der Waals surface area (Å²) in [5.41, 5.74) is 0.406. The lowest BCUT2D eigenvalue weighted by Gasteiger charge is -2.24. The van der Waals surface area contributed by atoms with Gasteiger partial charge in [0.2, 0.25) is 0 Å². The number of carbonyl (C=O) groups is 2. The fourth-order valence-electron chi connectivity index (χ4n) is 3.19. The number of likely N-dealkylation sites (tertiary alicyclic amines) is 1. The van der Waals surface area contributed by atoms with Gasteiger partial charge in [-0.1, -0.05) is 30.3 Å². The van der Waals surface area contributed by atoms with Crippen molar-refractivity contribution in [2.24, 2.45) is 0 Å². The van der Waals surface area contributed by atoms with E-state index in [-0.39, 0.29) is 18.4 Å². The molecule has 1 aliphatic heterocycles. The number of hydrogen-bond acceptors (Lipinski definition) is 4. The summed E-state index contributed by atoms with van der Waals surface area (Å²) in [6.45, 7) is 0.368. The van der Waals surface area contributed by atoms with Gasteiger partial charge in [0.1, 0.15) is 11.5 Å². The summed E-state index contributed by atoms with van der Waals surface area (Å²) in [6, 6.07) is 15.8. The van der Waals surface area contributed by atoms with Crippen LogP contribution < -0.4 is 4.74 Å². The molecule has 3 rings (SSSR count). The molecule has 2 aromatic rings. The predicted octanol–water partition coefficient (Wildman–Crippen LogP) is 3.18. The molecule has 0 aliphatic carbocycles. The van der Waals surface area contributed by atoms with Gasteiger partial charge in [-0.3, -0.25) is 9.59 Å². The lowest BCUT2D eigenvalue weighted by Crippen LogP contribution is -2.37. The highest BCUT2D eigenvalue weighted by molar-refractivity contribution is 5.97. The number of ether oxygens (including phenoxy) is 2. The van der Waals surface area contributed by atoms with E-state index in [1.165, 1.54) is 0 Å². The zero-order valence-corrected chi connectivity index (χ0v) is 14.5. The summed E-state index contributed by atoms with van der Waals surface area (Å²) in [5, 5.41) is 9.15. The van der Waals surface area contributed by atoms with Crippen LogP contribution >= 0.6 is 0 Å². The van der Waals surface area contributed by atoms with Crippen molar-refractivity contribution in [2.45, 2.75) is 25.0 Å². The molecule has 2 aromatic carbocycles. The minimum absolute atomic E-state index is 0.104. The Hall–Kier alpha value is -2.86. The first-order valence-corrected chi connectivity index (χ1v) is 8.46. The Kier molecular flexibility index (Phi) is 5.53. The normalized spacial score (nSPS) is 19.3. The molecule has 136 valence electrons. The minimum atomic E-state index is -0.932. The van der Waals surface area contributed by atoms with Crippen molar-refractivity contribution in [1.82, 2.24) is 4.90 Å². The van der Waals surface area contributed by atoms with Gasteiger partial charge in [-0.2, -0.15) is 0 Å². The van der Waals surface area contributed by atoms with E-state index in [1.54, 1.807) is 36.3 Å². The highest BCUT2D eigenvalue weighted by Gasteiger charge is 2.37. The first kappa shape index (κ1) is 17.9. The fourth-order valence-corrected chi connectivity index (χ4v) is 3.19. The monoisotopic (exact) mass is 355 g/mol. The van der Waals surface area contributed by atoms with Gasteiger partial charge in [0.15, 0.2) is 0 Å². The molecule has 26 heavy (non-hydrogen) atoms. The van der Waals surface area contributed by atoms with Crippen molar-refractivity contribution < 1.29 is 24.2 Å². The zero-order chi connectivity index (χ0) is 18.5. The third-order valence-electron chi connectivity index (χ3n) is 4.47. The van der Waals surface area contributed by atoms with Crippen LogP contribution in [0.25, 0.3) is 0 Å². The number of methoxy groups -OCH3 is 1. The molecule has 1 aliphatic rings. The van der Waals surface area contributed by atoms with E-state index in [4.69, 9.17) is 14.6 Å². The summed E-state index contributed by atoms with van der Waals surface area (Å²) < 4.78 is 11.2. The lowest BCUT2D eigenvalue weighted by molar-refractivity contribution is -0.137. The number of carboxylic acids is 1. The van der Waals surface area contributed by atoms with Crippen LogP contribution in [-0.2, 0) is 9.53 Å². The number of carbonyl (C=O) groups excluding carboxylic acids is 1. The van der Waals surface area contributed by atoms with E-state index in [0.717, 1.165) is 0 Å². The Balaban J connectivity index is 1.85. The van der Waals surface area contributed by atoms with Gasteiger partial charge in [0.05, 0.1) is 18.1 Å². The first-order valence-electron chi connectivity index (χ1n) is 8.46. The minimum Gasteiger partial charge on any atom is -0.481 e. The van der Waals surface area contributed by atoms with Gasteiger partial charge in [-0.25, -0.2) is 0 Å². The third-order valence-corrected chi connectivity index (χ3v) is 4.47. The molecule has 1 amide bonds. The van der Waals surface area contributed by atoms with Crippen molar-refractivity contribution >= 4 is 11.9 Å². The third kappa shape index (κ3) is 4.03. The molecule has 2 unspecified atom stereocenters. The first-order chi connectivity index (χ1) is 12.6. The van der Waals surface area contributed by atoms with E-state index in [9.17, 15) is 9.59 Å². The summed E-state index contributed by atoms with van der Waals surface area (Å²) in [4.78, 5) is 25.8. The maximum absolute atomic E-state index is 13.1. The van der Waals surface area contributed by atoms with E-state index >= 15 is 0 Å². The standard InChI is InChI=1S/C20H21NO5/c1-25-16-11-14(12-19(22)23)21(13-16)20(24)17-9-5-6-10-18(17)26-15-7-3-2-4-8-15/h2-10,14,16H,11-13H2,1H3,(H,22,23). The average Bonchev–Trinajstić information content (AvgIpc) is 3.05. The van der Waals surface area contributed by atoms with Crippen LogP contribution in [0.15, 0.2) is 54.6 Å². The number of rotatable bonds is 6. The van der Waals surface area contributed by atoms with Gasteiger partial charge in [-0.15, -0.1) is 0 Å². The van der Waals surface area contributed by atoms with Gasteiger partial charge >= 0.3 is 5.97 Å². The fraction of sp³-hybridized carbons (Fsp3) is 0.300. The number of para-hydroxylation sites is 2. The molecule has 0 aromatic heterocycles. The van der Waals surface area contributed by atoms with E-state index in [0.29, 0.717) is 30.0 Å². The van der Waals surface area contributed by atoms with Crippen LogP contribution in [0.1, 0.15) is 23.2 Å². The van der Waals surface area contributed by atoms with Crippen LogP contribution in [0.2, 0.25) is 0 Å². The van der Waals surface area contributed by atoms with Crippen molar-refractivity contribution in [1.29, 1.82) is 0 Å². The Morgan fingerprint density at radius 3 is 2.50 bits per heavy atom. The Labute approximate surface area is 152 Å². The number of benzene rings is 2. The number of carboxylic acid groups (broad SMARTS) is 1. The summed E-state index contributed by atoms with van der Waals surface area (Å²) in [6.07, 6.45) is 0.245. The largest absolute Gasteiger partial charge is 0.481 e. The highest BCUT2D eigenvalue weighted by Crippen LogP contribution is 2.30. The van der Waals surface area contributed by atoms with Gasteiger partial charge in [-0.05, 0) is 30.7 Å². The lowest BCUT2D eigenvalue weighted by atomic mass is 10.1. The van der Waals surface area contributed by atoms with E-state index in [1.807, 2.05) is 30.3 Å². The SMILES string of the molecule is COC1CC(CC(=O)O)N(C(=O)c2ccccc2Oc2ccccc2)C1. The topological polar surface area (TPSA) is 76.1 Å². The van der Waals surface area contributed by atoms with Crippen molar-refractivity contribution in [3.63, 3.8) is 0 Å². The molecule has 2 atom stereocenters. The van der Waals surface area contributed by atoms with Gasteiger partial charge < -0.3 is 19.5 Å². The molecule has 0 radical (unpaired) electrons. The number of nitrogens with zero attached hydrogens (tertiary/aromatic N) is 1. The Morgan fingerprint density at radius 1 is 1.12 bits per heavy atom. The average molecular weight is 355 g/mol. The van der Waals surface area contributed by atoms with Crippen LogP contribution in [0, 0.1) is 0 Å². The second-order valence-corrected chi connectivity index (χ2v) is 6.21. The van der Waals surface area contributed by atoms with Crippen molar-refractivity contribution in [2.75, 3.05) is 13.7 Å². The van der Waals surface area contributed by atoms with Crippen molar-refractivity contribution in [3.8, 4) is 11.5 Å². The molecular formula is C20H21NO5. The van der Waals surface area contributed by atoms with Crippen LogP contribution in [0.5, 0.6) is 11.5 Å². The number of amides is 1. The zero-order valence-electron chi connectivity index (χ0n) is 14.5. The second kappa shape index (κ2) is 8.01. The quantitative estimate of drug-likeness (QED) is 0.861. The van der Waals surface area contributed by atoms with E-state index in [2.05, 4.69) is 0 Å². The molecule has 6 heteroatoms. The summed E-state index contributed by atoms with van der Waals surface area (Å²) >= 11 is 0. The molecule has 1 N–H and O–H groups in total. The molecule has 1 fully saturated rings. The smallest absolute Gasteiger partial charge is 0.305 e. The Bertz CT molecular complexity index is 777. The molecule has 0 spiro atoms. The Morgan fingerprint density at radius 2 is 1.81 bits per heavy atom. The van der Waals surface area contributed by atoms with Gasteiger partial charge in [0, 0.05) is 19.7 Å². The molecule has 6 nitrogen and oxygen atoms in total. The van der Waals surface area contributed by atoms with Crippen LogP contribution in [0.4, 0.5) is 0 Å². The maximum Gasteiger partial charge on any atom is 0.305 e. The molecule has 0 bridgehead atoms. The molecule has 0 saturated carbocycles. The number of aliphatic carboxylic acids is 1. The predicted molar refractivity (Wildman–Crippen MR) is 95.4 cm³/mol. The molecular weight excluding hydrogens is 334 g/mol. The second-order valence-electron chi connectivity index (χ2n) is 6.21.